The fourth-order valence-electron chi connectivity index (χ4n) is 1.35. The molecule has 3 nitrogen and oxygen atoms in total. The topological polar surface area (TPSA) is 49.7 Å². The molecule has 1 rings (SSSR count). The summed E-state index contributed by atoms with van der Waals surface area (Å²) in [5.41, 5.74) is 0.885. The van der Waals surface area contributed by atoms with Gasteiger partial charge in [-0.05, 0) is 12.5 Å². The van der Waals surface area contributed by atoms with Crippen LogP contribution in [0.25, 0.3) is 0 Å². The molecule has 0 heterocycles. The van der Waals surface area contributed by atoms with E-state index in [1.54, 1.807) is 0 Å². The normalized spacial score (nSPS) is 15.1. The van der Waals surface area contributed by atoms with Gasteiger partial charge in [0.15, 0.2) is 0 Å². The number of ether oxygens (including phenoxy) is 1. The smallest absolute Gasteiger partial charge is 0.111 e. The highest BCUT2D eigenvalue weighted by Crippen LogP contribution is 2.20. The molecule has 0 aromatic heterocycles. The first-order valence-corrected chi connectivity index (χ1v) is 4.75. The predicted molar refractivity (Wildman–Crippen MR) is 53.9 cm³/mol. The lowest BCUT2D eigenvalue weighted by Crippen LogP contribution is -2.24. The molecule has 1 aromatic carbocycles. The van der Waals surface area contributed by atoms with E-state index in [1.165, 1.54) is 0 Å². The second-order valence-corrected chi connectivity index (χ2v) is 3.04. The Morgan fingerprint density at radius 2 is 1.93 bits per heavy atom. The van der Waals surface area contributed by atoms with Gasteiger partial charge in [0, 0.05) is 6.61 Å². The first-order valence-electron chi connectivity index (χ1n) is 4.75. The molecule has 0 aliphatic rings. The Hall–Kier alpha value is -0.900. The average Bonchev–Trinajstić information content (AvgIpc) is 2.26. The van der Waals surface area contributed by atoms with Gasteiger partial charge in [0.25, 0.3) is 0 Å². The predicted octanol–water partition coefficient (Wildman–Crippen LogP) is 1.12. The molecular formula is C11H16O3. The SMILES string of the molecule is CCO[C@H](c1ccccc1)C(O)CO. The third-order valence-corrected chi connectivity index (χ3v) is 2.01. The average molecular weight is 196 g/mol. The molecule has 1 unspecified atom stereocenters. The molecule has 0 spiro atoms. The summed E-state index contributed by atoms with van der Waals surface area (Å²) in [5.74, 6) is 0. The van der Waals surface area contributed by atoms with Gasteiger partial charge in [-0.2, -0.15) is 0 Å². The van der Waals surface area contributed by atoms with Crippen LogP contribution in [0.15, 0.2) is 30.3 Å². The van der Waals surface area contributed by atoms with E-state index < -0.39 is 12.2 Å². The maximum Gasteiger partial charge on any atom is 0.111 e. The van der Waals surface area contributed by atoms with Crippen LogP contribution in [0.1, 0.15) is 18.6 Å². The summed E-state index contributed by atoms with van der Waals surface area (Å²) in [6.45, 7) is 2.08. The molecule has 0 saturated carbocycles. The molecule has 2 atom stereocenters. The molecule has 0 radical (unpaired) electrons. The fourth-order valence-corrected chi connectivity index (χ4v) is 1.35. The van der Waals surface area contributed by atoms with Crippen molar-refractivity contribution >= 4 is 0 Å². The van der Waals surface area contributed by atoms with Crippen molar-refractivity contribution in [1.29, 1.82) is 0 Å². The minimum absolute atomic E-state index is 0.292. The van der Waals surface area contributed by atoms with Crippen LogP contribution in [0.2, 0.25) is 0 Å². The van der Waals surface area contributed by atoms with Gasteiger partial charge in [0.1, 0.15) is 12.2 Å². The molecule has 14 heavy (non-hydrogen) atoms. The highest BCUT2D eigenvalue weighted by Gasteiger charge is 2.20. The third kappa shape index (κ3) is 2.80. The summed E-state index contributed by atoms with van der Waals surface area (Å²) in [6, 6.07) is 9.41. The van der Waals surface area contributed by atoms with E-state index in [4.69, 9.17) is 9.84 Å². The summed E-state index contributed by atoms with van der Waals surface area (Å²) in [6.07, 6.45) is -1.30. The molecule has 78 valence electrons. The summed E-state index contributed by atoms with van der Waals surface area (Å²) in [7, 11) is 0. The van der Waals surface area contributed by atoms with Gasteiger partial charge in [-0.15, -0.1) is 0 Å². The summed E-state index contributed by atoms with van der Waals surface area (Å²) >= 11 is 0. The molecule has 1 aromatic rings. The Bertz CT molecular complexity index is 248. The van der Waals surface area contributed by atoms with Crippen LogP contribution in [0, 0.1) is 0 Å². The fraction of sp³-hybridized carbons (Fsp3) is 0.455. The Labute approximate surface area is 84.0 Å². The second kappa shape index (κ2) is 5.75. The van der Waals surface area contributed by atoms with Crippen molar-refractivity contribution in [3.8, 4) is 0 Å². The van der Waals surface area contributed by atoms with E-state index in [1.807, 2.05) is 37.3 Å². The van der Waals surface area contributed by atoms with E-state index in [0.717, 1.165) is 5.56 Å². The van der Waals surface area contributed by atoms with Crippen LogP contribution in [0.5, 0.6) is 0 Å². The van der Waals surface area contributed by atoms with E-state index in [2.05, 4.69) is 0 Å². The number of rotatable bonds is 5. The maximum absolute atomic E-state index is 9.53. The van der Waals surface area contributed by atoms with Crippen LogP contribution in [0.3, 0.4) is 0 Å². The molecular weight excluding hydrogens is 180 g/mol. The Morgan fingerprint density at radius 1 is 1.29 bits per heavy atom. The second-order valence-electron chi connectivity index (χ2n) is 3.04. The standard InChI is InChI=1S/C11H16O3/c1-2-14-11(10(13)8-12)9-6-4-3-5-7-9/h3-7,10-13H,2,8H2,1H3/t10?,11-/m1/s1. The van der Waals surface area contributed by atoms with E-state index >= 15 is 0 Å². The number of benzene rings is 1. The highest BCUT2D eigenvalue weighted by atomic mass is 16.5. The van der Waals surface area contributed by atoms with Gasteiger partial charge in [-0.25, -0.2) is 0 Å². The Balaban J connectivity index is 2.77. The van der Waals surface area contributed by atoms with Crippen molar-refractivity contribution in [2.24, 2.45) is 0 Å². The van der Waals surface area contributed by atoms with Gasteiger partial charge in [0.05, 0.1) is 6.61 Å². The zero-order chi connectivity index (χ0) is 10.4. The molecule has 0 bridgehead atoms. The number of hydrogen-bond acceptors (Lipinski definition) is 3. The van der Waals surface area contributed by atoms with E-state index in [9.17, 15) is 5.11 Å². The summed E-state index contributed by atoms with van der Waals surface area (Å²) in [5, 5.41) is 18.4. The molecule has 3 heteroatoms. The van der Waals surface area contributed by atoms with E-state index in [-0.39, 0.29) is 6.61 Å². The Morgan fingerprint density at radius 3 is 2.43 bits per heavy atom. The van der Waals surface area contributed by atoms with Crippen molar-refractivity contribution in [3.05, 3.63) is 35.9 Å². The lowest BCUT2D eigenvalue weighted by atomic mass is 10.1. The lowest BCUT2D eigenvalue weighted by molar-refractivity contribution is -0.0560. The van der Waals surface area contributed by atoms with Crippen molar-refractivity contribution in [1.82, 2.24) is 0 Å². The zero-order valence-corrected chi connectivity index (χ0v) is 8.26. The molecule has 0 amide bonds. The van der Waals surface area contributed by atoms with Gasteiger partial charge in [0.2, 0.25) is 0 Å². The van der Waals surface area contributed by atoms with Crippen molar-refractivity contribution in [2.75, 3.05) is 13.2 Å². The van der Waals surface area contributed by atoms with E-state index in [0.29, 0.717) is 6.61 Å². The van der Waals surface area contributed by atoms with Crippen molar-refractivity contribution < 1.29 is 14.9 Å². The zero-order valence-electron chi connectivity index (χ0n) is 8.26. The Kier molecular flexibility index (Phi) is 4.59. The number of aliphatic hydroxyl groups is 2. The van der Waals surface area contributed by atoms with Crippen LogP contribution >= 0.6 is 0 Å². The van der Waals surface area contributed by atoms with Crippen LogP contribution in [-0.4, -0.2) is 29.5 Å². The molecule has 0 aliphatic carbocycles. The molecule has 0 saturated heterocycles. The number of aliphatic hydroxyl groups excluding tert-OH is 2. The molecule has 0 fully saturated rings. The first-order chi connectivity index (χ1) is 6.79. The minimum Gasteiger partial charge on any atom is -0.394 e. The maximum atomic E-state index is 9.53. The van der Waals surface area contributed by atoms with Gasteiger partial charge < -0.3 is 14.9 Å². The lowest BCUT2D eigenvalue weighted by Gasteiger charge is -2.21. The quantitative estimate of drug-likeness (QED) is 0.742. The summed E-state index contributed by atoms with van der Waals surface area (Å²) < 4.78 is 5.37. The molecule has 2 N–H and O–H groups in total. The third-order valence-electron chi connectivity index (χ3n) is 2.01. The van der Waals surface area contributed by atoms with Crippen molar-refractivity contribution in [2.45, 2.75) is 19.1 Å². The van der Waals surface area contributed by atoms with Crippen LogP contribution < -0.4 is 0 Å². The first kappa shape index (κ1) is 11.2. The minimum atomic E-state index is -0.864. The van der Waals surface area contributed by atoms with Gasteiger partial charge >= 0.3 is 0 Å². The van der Waals surface area contributed by atoms with Gasteiger partial charge in [-0.3, -0.25) is 0 Å². The summed E-state index contributed by atoms with van der Waals surface area (Å²) in [4.78, 5) is 0. The monoisotopic (exact) mass is 196 g/mol. The molecule has 0 aliphatic heterocycles. The van der Waals surface area contributed by atoms with Crippen LogP contribution in [0.4, 0.5) is 0 Å². The largest absolute Gasteiger partial charge is 0.394 e. The van der Waals surface area contributed by atoms with Gasteiger partial charge in [-0.1, -0.05) is 30.3 Å². The highest BCUT2D eigenvalue weighted by molar-refractivity contribution is 5.18. The van der Waals surface area contributed by atoms with Crippen LogP contribution in [-0.2, 0) is 4.74 Å². The van der Waals surface area contributed by atoms with Crippen molar-refractivity contribution in [3.63, 3.8) is 0 Å². The number of hydrogen-bond donors (Lipinski definition) is 2.